The number of aliphatic carboxylic acids is 1. The molecule has 1 aliphatic rings. The van der Waals surface area contributed by atoms with E-state index in [0.717, 1.165) is 19.3 Å². The van der Waals surface area contributed by atoms with Gasteiger partial charge in [0.15, 0.2) is 0 Å². The van der Waals surface area contributed by atoms with Crippen LogP contribution in [0.1, 0.15) is 19.3 Å². The van der Waals surface area contributed by atoms with Crippen molar-refractivity contribution in [2.45, 2.75) is 25.3 Å². The van der Waals surface area contributed by atoms with Crippen LogP contribution in [-0.2, 0) is 15.0 Å². The van der Waals surface area contributed by atoms with E-state index in [4.69, 9.17) is 10.2 Å². The number of rotatable bonds is 5. The van der Waals surface area contributed by atoms with Gasteiger partial charge in [0.1, 0.15) is 6.04 Å². The maximum Gasteiger partial charge on any atom is 0.324 e. The summed E-state index contributed by atoms with van der Waals surface area (Å²) >= 11 is 0. The van der Waals surface area contributed by atoms with Gasteiger partial charge in [-0.05, 0) is 12.8 Å². The smallest absolute Gasteiger partial charge is 0.324 e. The van der Waals surface area contributed by atoms with Gasteiger partial charge in [-0.2, -0.15) is 17.4 Å². The minimum Gasteiger partial charge on any atom is -0.480 e. The van der Waals surface area contributed by atoms with Crippen molar-refractivity contribution in [1.29, 1.82) is 0 Å². The van der Waals surface area contributed by atoms with E-state index >= 15 is 0 Å². The van der Waals surface area contributed by atoms with Crippen molar-refractivity contribution in [3.63, 3.8) is 0 Å². The van der Waals surface area contributed by atoms with E-state index in [0.29, 0.717) is 13.1 Å². The first-order valence-corrected chi connectivity index (χ1v) is 6.52. The second-order valence-electron chi connectivity index (χ2n) is 3.66. The van der Waals surface area contributed by atoms with E-state index in [1.165, 1.54) is 4.31 Å². The fourth-order valence-electron chi connectivity index (χ4n) is 1.53. The van der Waals surface area contributed by atoms with Crippen molar-refractivity contribution < 1.29 is 23.4 Å². The molecular weight excluding hydrogens is 236 g/mol. The lowest BCUT2D eigenvalue weighted by atomic mass is 10.2. The van der Waals surface area contributed by atoms with Gasteiger partial charge in [-0.1, -0.05) is 6.42 Å². The molecule has 0 radical (unpaired) electrons. The van der Waals surface area contributed by atoms with Crippen LogP contribution in [0.3, 0.4) is 0 Å². The summed E-state index contributed by atoms with van der Waals surface area (Å²) in [4.78, 5) is 10.6. The molecule has 0 unspecified atom stereocenters. The molecule has 0 saturated carbocycles. The molecule has 1 atom stereocenters. The molecule has 0 aromatic carbocycles. The van der Waals surface area contributed by atoms with Gasteiger partial charge in [-0.15, -0.1) is 0 Å². The molecule has 1 aliphatic heterocycles. The third-order valence-electron chi connectivity index (χ3n) is 2.43. The Kier molecular flexibility index (Phi) is 4.66. The summed E-state index contributed by atoms with van der Waals surface area (Å²) in [7, 11) is -3.80. The topological polar surface area (TPSA) is 107 Å². The Morgan fingerprint density at radius 3 is 2.31 bits per heavy atom. The van der Waals surface area contributed by atoms with Crippen molar-refractivity contribution in [2.24, 2.45) is 0 Å². The number of hydrogen-bond donors (Lipinski definition) is 3. The number of aliphatic hydroxyl groups is 1. The van der Waals surface area contributed by atoms with Gasteiger partial charge < -0.3 is 10.2 Å². The molecule has 7 nitrogen and oxygen atoms in total. The maximum atomic E-state index is 11.7. The zero-order valence-electron chi connectivity index (χ0n) is 8.79. The minimum atomic E-state index is -3.80. The number of aliphatic hydroxyl groups excluding tert-OH is 1. The molecule has 0 spiro atoms. The van der Waals surface area contributed by atoms with Crippen molar-refractivity contribution >= 4 is 16.2 Å². The molecule has 1 saturated heterocycles. The van der Waals surface area contributed by atoms with Crippen LogP contribution in [0, 0.1) is 0 Å². The van der Waals surface area contributed by atoms with Crippen LogP contribution >= 0.6 is 0 Å². The van der Waals surface area contributed by atoms with Crippen molar-refractivity contribution in [3.05, 3.63) is 0 Å². The van der Waals surface area contributed by atoms with Crippen LogP contribution < -0.4 is 4.72 Å². The van der Waals surface area contributed by atoms with Crippen LogP contribution in [0.4, 0.5) is 0 Å². The van der Waals surface area contributed by atoms with Gasteiger partial charge in [0, 0.05) is 13.1 Å². The minimum absolute atomic E-state index is 0.396. The SMILES string of the molecule is O=C(O)[C@@H](CO)NS(=O)(=O)N1CCCCC1. The number of nitrogens with zero attached hydrogens (tertiary/aromatic N) is 1. The Bertz CT molecular complexity index is 336. The monoisotopic (exact) mass is 252 g/mol. The Labute approximate surface area is 94.2 Å². The van der Waals surface area contributed by atoms with E-state index in [9.17, 15) is 13.2 Å². The molecule has 16 heavy (non-hydrogen) atoms. The van der Waals surface area contributed by atoms with Crippen LogP contribution in [0.5, 0.6) is 0 Å². The van der Waals surface area contributed by atoms with Gasteiger partial charge >= 0.3 is 5.97 Å². The molecule has 0 aromatic heterocycles. The Hall–Kier alpha value is -0.700. The molecule has 3 N–H and O–H groups in total. The fourth-order valence-corrected chi connectivity index (χ4v) is 2.95. The van der Waals surface area contributed by atoms with E-state index in [-0.39, 0.29) is 0 Å². The third-order valence-corrected chi connectivity index (χ3v) is 4.05. The van der Waals surface area contributed by atoms with Crippen LogP contribution in [-0.4, -0.2) is 54.6 Å². The molecule has 0 aliphatic carbocycles. The van der Waals surface area contributed by atoms with E-state index < -0.39 is 28.8 Å². The Balaban J connectivity index is 2.65. The molecule has 1 fully saturated rings. The van der Waals surface area contributed by atoms with Gasteiger partial charge in [-0.3, -0.25) is 4.79 Å². The summed E-state index contributed by atoms with van der Waals surface area (Å²) in [5.74, 6) is -1.39. The lowest BCUT2D eigenvalue weighted by Gasteiger charge is -2.27. The standard InChI is InChI=1S/C8H16N2O5S/c11-6-7(8(12)13)9-16(14,15)10-4-2-1-3-5-10/h7,9,11H,1-6H2,(H,12,13)/t7-/m1/s1. The van der Waals surface area contributed by atoms with Gasteiger partial charge in [-0.25, -0.2) is 0 Å². The highest BCUT2D eigenvalue weighted by atomic mass is 32.2. The second kappa shape index (κ2) is 5.58. The van der Waals surface area contributed by atoms with E-state index in [2.05, 4.69) is 0 Å². The molecule has 8 heteroatoms. The molecule has 0 bridgehead atoms. The first kappa shape index (κ1) is 13.4. The molecule has 94 valence electrons. The molecule has 1 heterocycles. The number of piperidine rings is 1. The fraction of sp³-hybridized carbons (Fsp3) is 0.875. The lowest BCUT2D eigenvalue weighted by molar-refractivity contribution is -0.139. The Morgan fingerprint density at radius 2 is 1.88 bits per heavy atom. The summed E-state index contributed by atoms with van der Waals surface area (Å²) in [6.45, 7) is 0.0304. The highest BCUT2D eigenvalue weighted by Gasteiger charge is 2.29. The highest BCUT2D eigenvalue weighted by molar-refractivity contribution is 7.87. The molecular formula is C8H16N2O5S. The molecule has 1 rings (SSSR count). The highest BCUT2D eigenvalue weighted by Crippen LogP contribution is 2.12. The summed E-state index contributed by atoms with van der Waals surface area (Å²) in [6, 6.07) is -1.48. The third kappa shape index (κ3) is 3.41. The van der Waals surface area contributed by atoms with Crippen LogP contribution in [0.2, 0.25) is 0 Å². The average molecular weight is 252 g/mol. The summed E-state index contributed by atoms with van der Waals surface area (Å²) in [5.41, 5.74) is 0. The van der Waals surface area contributed by atoms with Crippen LogP contribution in [0.15, 0.2) is 0 Å². The number of hydrogen-bond acceptors (Lipinski definition) is 4. The first-order valence-electron chi connectivity index (χ1n) is 5.08. The predicted molar refractivity (Wildman–Crippen MR) is 56.0 cm³/mol. The zero-order chi connectivity index (χ0) is 12.2. The summed E-state index contributed by atoms with van der Waals surface area (Å²) in [5, 5.41) is 17.4. The summed E-state index contributed by atoms with van der Waals surface area (Å²) < 4.78 is 26.6. The van der Waals surface area contributed by atoms with Gasteiger partial charge in [0.2, 0.25) is 0 Å². The lowest BCUT2D eigenvalue weighted by Crippen LogP contribution is -2.51. The number of carbonyl (C=O) groups is 1. The van der Waals surface area contributed by atoms with Crippen molar-refractivity contribution in [2.75, 3.05) is 19.7 Å². The Morgan fingerprint density at radius 1 is 1.31 bits per heavy atom. The number of nitrogens with one attached hydrogen (secondary N) is 1. The summed E-state index contributed by atoms with van der Waals surface area (Å²) in [6.07, 6.45) is 2.53. The van der Waals surface area contributed by atoms with Gasteiger partial charge in [0.25, 0.3) is 10.2 Å². The quantitative estimate of drug-likeness (QED) is 0.567. The number of carboxylic acids is 1. The largest absolute Gasteiger partial charge is 0.480 e. The zero-order valence-corrected chi connectivity index (χ0v) is 9.61. The maximum absolute atomic E-state index is 11.7. The van der Waals surface area contributed by atoms with E-state index in [1.807, 2.05) is 4.72 Å². The van der Waals surface area contributed by atoms with Crippen LogP contribution in [0.25, 0.3) is 0 Å². The average Bonchev–Trinajstić information content (AvgIpc) is 2.27. The predicted octanol–water partition coefficient (Wildman–Crippen LogP) is -1.25. The second-order valence-corrected chi connectivity index (χ2v) is 5.36. The van der Waals surface area contributed by atoms with Crippen molar-refractivity contribution in [1.82, 2.24) is 9.03 Å². The molecule has 0 aromatic rings. The molecule has 0 amide bonds. The first-order chi connectivity index (χ1) is 7.47. The van der Waals surface area contributed by atoms with Crippen molar-refractivity contribution in [3.8, 4) is 0 Å². The normalized spacial score (nSPS) is 20.6. The number of carboxylic acid groups (broad SMARTS) is 1. The van der Waals surface area contributed by atoms with E-state index in [1.54, 1.807) is 0 Å². The van der Waals surface area contributed by atoms with Gasteiger partial charge in [0.05, 0.1) is 6.61 Å².